The van der Waals surface area contributed by atoms with E-state index in [4.69, 9.17) is 0 Å². The molecular weight excluding hydrogens is 316 g/mol. The third kappa shape index (κ3) is 5.48. The SMILES string of the molecule is CC(NS(=O)(=O)NC(C)(C)C)c1cccc(Br)c1. The van der Waals surface area contributed by atoms with Crippen molar-refractivity contribution in [3.63, 3.8) is 0 Å². The van der Waals surface area contributed by atoms with Gasteiger partial charge in [0.25, 0.3) is 10.2 Å². The van der Waals surface area contributed by atoms with Crippen LogP contribution >= 0.6 is 15.9 Å². The predicted molar refractivity (Wildman–Crippen MR) is 77.5 cm³/mol. The van der Waals surface area contributed by atoms with E-state index in [0.717, 1.165) is 10.0 Å². The Morgan fingerprint density at radius 3 is 2.39 bits per heavy atom. The van der Waals surface area contributed by atoms with Crippen molar-refractivity contribution in [2.45, 2.75) is 39.3 Å². The quantitative estimate of drug-likeness (QED) is 0.889. The van der Waals surface area contributed by atoms with E-state index in [9.17, 15) is 8.42 Å². The predicted octanol–water partition coefficient (Wildman–Crippen LogP) is 2.73. The molecule has 0 aliphatic carbocycles. The topological polar surface area (TPSA) is 58.2 Å². The number of rotatable bonds is 4. The van der Waals surface area contributed by atoms with Gasteiger partial charge in [-0.3, -0.25) is 0 Å². The van der Waals surface area contributed by atoms with Gasteiger partial charge in [-0.15, -0.1) is 0 Å². The van der Waals surface area contributed by atoms with Gasteiger partial charge in [0.1, 0.15) is 0 Å². The molecule has 0 fully saturated rings. The third-order valence-corrected chi connectivity index (χ3v) is 4.16. The van der Waals surface area contributed by atoms with Crippen LogP contribution in [0, 0.1) is 0 Å². The van der Waals surface area contributed by atoms with Crippen molar-refractivity contribution in [2.75, 3.05) is 0 Å². The Morgan fingerprint density at radius 1 is 1.28 bits per heavy atom. The molecule has 2 N–H and O–H groups in total. The normalized spacial score (nSPS) is 14.5. The zero-order chi connectivity index (χ0) is 14.0. The molecule has 0 amide bonds. The van der Waals surface area contributed by atoms with E-state index in [1.54, 1.807) is 20.8 Å². The second-order valence-corrected chi connectivity index (χ2v) is 7.61. The molecule has 102 valence electrons. The van der Waals surface area contributed by atoms with Crippen molar-refractivity contribution < 1.29 is 8.42 Å². The summed E-state index contributed by atoms with van der Waals surface area (Å²) in [5, 5.41) is 0. The minimum Gasteiger partial charge on any atom is -0.197 e. The molecule has 0 saturated heterocycles. The standard InChI is InChI=1S/C12H19BrN2O2S/c1-9(10-6-5-7-11(13)8-10)14-18(16,17)15-12(2,3)4/h5-9,14-15H,1-4H3. The Hall–Kier alpha value is -0.430. The van der Waals surface area contributed by atoms with Gasteiger partial charge in [0.15, 0.2) is 0 Å². The molecule has 0 radical (unpaired) electrons. The Morgan fingerprint density at radius 2 is 1.89 bits per heavy atom. The first-order chi connectivity index (χ1) is 8.09. The minimum absolute atomic E-state index is 0.289. The average molecular weight is 335 g/mol. The fourth-order valence-electron chi connectivity index (χ4n) is 1.51. The van der Waals surface area contributed by atoms with E-state index < -0.39 is 15.7 Å². The zero-order valence-corrected chi connectivity index (χ0v) is 13.4. The number of nitrogens with one attached hydrogen (secondary N) is 2. The smallest absolute Gasteiger partial charge is 0.197 e. The van der Waals surface area contributed by atoms with Crippen LogP contribution in [0.5, 0.6) is 0 Å². The van der Waals surface area contributed by atoms with Gasteiger partial charge in [0.2, 0.25) is 0 Å². The first-order valence-corrected chi connectivity index (χ1v) is 7.93. The second kappa shape index (κ2) is 5.69. The van der Waals surface area contributed by atoms with E-state index in [1.807, 2.05) is 31.2 Å². The fourth-order valence-corrected chi connectivity index (χ4v) is 3.39. The lowest BCUT2D eigenvalue weighted by atomic mass is 10.1. The van der Waals surface area contributed by atoms with Crippen LogP contribution in [0.1, 0.15) is 39.3 Å². The average Bonchev–Trinajstić information content (AvgIpc) is 2.12. The van der Waals surface area contributed by atoms with Crippen LogP contribution in [-0.4, -0.2) is 14.0 Å². The van der Waals surface area contributed by atoms with E-state index in [-0.39, 0.29) is 6.04 Å². The largest absolute Gasteiger partial charge is 0.277 e. The molecule has 1 unspecified atom stereocenters. The molecule has 0 bridgehead atoms. The van der Waals surface area contributed by atoms with Crippen LogP contribution in [-0.2, 0) is 10.2 Å². The lowest BCUT2D eigenvalue weighted by Crippen LogP contribution is -2.47. The van der Waals surface area contributed by atoms with Crippen molar-refractivity contribution in [2.24, 2.45) is 0 Å². The summed E-state index contributed by atoms with van der Waals surface area (Å²) in [6.45, 7) is 7.21. The molecule has 0 aliphatic rings. The number of hydrogen-bond acceptors (Lipinski definition) is 2. The highest BCUT2D eigenvalue weighted by Crippen LogP contribution is 2.18. The Labute approximate surface area is 117 Å². The van der Waals surface area contributed by atoms with Gasteiger partial charge in [-0.05, 0) is 45.4 Å². The van der Waals surface area contributed by atoms with Crippen LogP contribution < -0.4 is 9.44 Å². The minimum atomic E-state index is -3.51. The molecule has 1 rings (SSSR count). The van der Waals surface area contributed by atoms with Crippen molar-refractivity contribution in [1.29, 1.82) is 0 Å². The summed E-state index contributed by atoms with van der Waals surface area (Å²) in [6.07, 6.45) is 0. The summed E-state index contributed by atoms with van der Waals surface area (Å²) < 4.78 is 29.8. The molecule has 0 spiro atoms. The monoisotopic (exact) mass is 334 g/mol. The van der Waals surface area contributed by atoms with Gasteiger partial charge in [-0.1, -0.05) is 28.1 Å². The maximum Gasteiger partial charge on any atom is 0.277 e. The van der Waals surface area contributed by atoms with Crippen LogP contribution in [0.4, 0.5) is 0 Å². The number of halogens is 1. The van der Waals surface area contributed by atoms with Crippen LogP contribution in [0.15, 0.2) is 28.7 Å². The molecule has 0 heterocycles. The summed E-state index contributed by atoms with van der Waals surface area (Å²) in [6, 6.07) is 7.26. The molecule has 4 nitrogen and oxygen atoms in total. The van der Waals surface area contributed by atoms with E-state index in [1.165, 1.54) is 0 Å². The molecule has 1 aromatic carbocycles. The Balaban J connectivity index is 2.79. The van der Waals surface area contributed by atoms with Crippen molar-refractivity contribution in [1.82, 2.24) is 9.44 Å². The molecule has 1 aromatic rings. The van der Waals surface area contributed by atoms with Crippen molar-refractivity contribution >= 4 is 26.1 Å². The maximum absolute atomic E-state index is 11.9. The van der Waals surface area contributed by atoms with E-state index in [0.29, 0.717) is 0 Å². The van der Waals surface area contributed by atoms with Gasteiger partial charge < -0.3 is 0 Å². The molecule has 1 atom stereocenters. The van der Waals surface area contributed by atoms with Gasteiger partial charge in [-0.2, -0.15) is 17.9 Å². The molecule has 0 aliphatic heterocycles. The number of hydrogen-bond donors (Lipinski definition) is 2. The van der Waals surface area contributed by atoms with Gasteiger partial charge in [0, 0.05) is 16.1 Å². The highest BCUT2D eigenvalue weighted by atomic mass is 79.9. The van der Waals surface area contributed by atoms with Crippen LogP contribution in [0.3, 0.4) is 0 Å². The third-order valence-electron chi connectivity index (χ3n) is 2.12. The molecule has 6 heteroatoms. The van der Waals surface area contributed by atoms with Crippen LogP contribution in [0.2, 0.25) is 0 Å². The zero-order valence-electron chi connectivity index (χ0n) is 11.0. The summed E-state index contributed by atoms with van der Waals surface area (Å²) in [5.74, 6) is 0. The lowest BCUT2D eigenvalue weighted by Gasteiger charge is -2.23. The summed E-state index contributed by atoms with van der Waals surface area (Å²) >= 11 is 3.37. The van der Waals surface area contributed by atoms with Crippen LogP contribution in [0.25, 0.3) is 0 Å². The molecule has 0 aromatic heterocycles. The first kappa shape index (κ1) is 15.6. The van der Waals surface area contributed by atoms with Gasteiger partial charge in [0.05, 0.1) is 0 Å². The molecule has 18 heavy (non-hydrogen) atoms. The fraction of sp³-hybridized carbons (Fsp3) is 0.500. The maximum atomic E-state index is 11.9. The molecule has 0 saturated carbocycles. The summed E-state index contributed by atoms with van der Waals surface area (Å²) in [4.78, 5) is 0. The van der Waals surface area contributed by atoms with E-state index >= 15 is 0 Å². The Bertz CT molecular complexity index is 509. The van der Waals surface area contributed by atoms with Crippen molar-refractivity contribution in [3.8, 4) is 0 Å². The van der Waals surface area contributed by atoms with Gasteiger partial charge in [-0.25, -0.2) is 0 Å². The lowest BCUT2D eigenvalue weighted by molar-refractivity contribution is 0.478. The van der Waals surface area contributed by atoms with Crippen molar-refractivity contribution in [3.05, 3.63) is 34.3 Å². The summed E-state index contributed by atoms with van der Waals surface area (Å²) in [7, 11) is -3.51. The van der Waals surface area contributed by atoms with E-state index in [2.05, 4.69) is 25.4 Å². The Kier molecular flexibility index (Phi) is 4.94. The highest BCUT2D eigenvalue weighted by Gasteiger charge is 2.21. The highest BCUT2D eigenvalue weighted by molar-refractivity contribution is 9.10. The second-order valence-electron chi connectivity index (χ2n) is 5.25. The molecular formula is C12H19BrN2O2S. The first-order valence-electron chi connectivity index (χ1n) is 5.66. The van der Waals surface area contributed by atoms with Gasteiger partial charge >= 0.3 is 0 Å². The number of benzene rings is 1. The summed E-state index contributed by atoms with van der Waals surface area (Å²) in [5.41, 5.74) is 0.409.